The third-order valence-corrected chi connectivity index (χ3v) is 1.87. The molecule has 0 aliphatic rings. The summed E-state index contributed by atoms with van der Waals surface area (Å²) in [6.45, 7) is 4.14. The Balaban J connectivity index is 2.60. The number of hydrogen-bond donors (Lipinski definition) is 3. The summed E-state index contributed by atoms with van der Waals surface area (Å²) < 4.78 is 4.92. The van der Waals surface area contributed by atoms with Crippen LogP contribution in [-0.4, -0.2) is 33.6 Å². The maximum Gasteiger partial charge on any atom is 0.313 e. The van der Waals surface area contributed by atoms with E-state index < -0.39 is 17.8 Å². The molecule has 7 nitrogen and oxygen atoms in total. The number of carbonyl (C=O) groups is 2. The van der Waals surface area contributed by atoms with Crippen LogP contribution in [0.5, 0.6) is 5.88 Å². The monoisotopic (exact) mass is 241 g/mol. The molecule has 0 aliphatic carbocycles. The van der Waals surface area contributed by atoms with Crippen molar-refractivity contribution in [2.75, 3.05) is 6.61 Å². The smallest absolute Gasteiger partial charge is 0.313 e. The van der Waals surface area contributed by atoms with E-state index in [1.54, 1.807) is 0 Å². The number of nitrogens with two attached hydrogens (primary N) is 1. The highest BCUT2D eigenvalue weighted by Gasteiger charge is 2.16. The molecule has 0 bridgehead atoms. The molecule has 0 aromatic carbocycles. The van der Waals surface area contributed by atoms with Crippen LogP contribution in [0.3, 0.4) is 0 Å². The van der Waals surface area contributed by atoms with Crippen molar-refractivity contribution in [1.29, 1.82) is 0 Å². The van der Waals surface area contributed by atoms with Gasteiger partial charge in [-0.1, -0.05) is 13.8 Å². The molecule has 4 N–H and O–H groups in total. The molecule has 1 aromatic heterocycles. The number of imidazole rings is 1. The van der Waals surface area contributed by atoms with Crippen LogP contribution in [0.4, 0.5) is 0 Å². The van der Waals surface area contributed by atoms with Gasteiger partial charge >= 0.3 is 5.97 Å². The molecule has 7 heteroatoms. The summed E-state index contributed by atoms with van der Waals surface area (Å²) in [7, 11) is 0. The zero-order chi connectivity index (χ0) is 13.0. The van der Waals surface area contributed by atoms with E-state index >= 15 is 0 Å². The van der Waals surface area contributed by atoms with Crippen molar-refractivity contribution in [1.82, 2.24) is 9.97 Å². The highest BCUT2D eigenvalue weighted by Crippen LogP contribution is 2.12. The SMILES string of the molecule is CC(C)COC(=O)Cc1nc(O)c(C(N)=O)[nH]1. The van der Waals surface area contributed by atoms with Gasteiger partial charge in [-0.2, -0.15) is 4.98 Å². The van der Waals surface area contributed by atoms with E-state index in [2.05, 4.69) is 9.97 Å². The summed E-state index contributed by atoms with van der Waals surface area (Å²) in [6, 6.07) is 0. The van der Waals surface area contributed by atoms with Gasteiger partial charge in [0.1, 0.15) is 12.2 Å². The second kappa shape index (κ2) is 5.33. The van der Waals surface area contributed by atoms with Gasteiger partial charge in [0.05, 0.1) is 6.61 Å². The Morgan fingerprint density at radius 2 is 2.18 bits per heavy atom. The van der Waals surface area contributed by atoms with E-state index in [-0.39, 0.29) is 23.9 Å². The molecule has 94 valence electrons. The van der Waals surface area contributed by atoms with Crippen molar-refractivity contribution in [3.05, 3.63) is 11.5 Å². The Hall–Kier alpha value is -2.05. The van der Waals surface area contributed by atoms with E-state index in [0.717, 1.165) is 0 Å². The second-order valence-corrected chi connectivity index (χ2v) is 4.00. The molecule has 0 unspecified atom stereocenters. The lowest BCUT2D eigenvalue weighted by Crippen LogP contribution is -2.14. The molecule has 0 atom stereocenters. The van der Waals surface area contributed by atoms with Crippen molar-refractivity contribution >= 4 is 11.9 Å². The first-order valence-corrected chi connectivity index (χ1v) is 5.13. The van der Waals surface area contributed by atoms with Crippen LogP contribution < -0.4 is 5.73 Å². The molecular formula is C10H15N3O4. The van der Waals surface area contributed by atoms with E-state index in [1.807, 2.05) is 13.8 Å². The van der Waals surface area contributed by atoms with Gasteiger partial charge in [-0.3, -0.25) is 9.59 Å². The molecule has 0 fully saturated rings. The number of aromatic nitrogens is 2. The Bertz CT molecular complexity index is 425. The molecule has 0 spiro atoms. The number of carbonyl (C=O) groups excluding carboxylic acids is 2. The number of nitrogens with zero attached hydrogens (tertiary/aromatic N) is 1. The van der Waals surface area contributed by atoms with E-state index in [0.29, 0.717) is 6.61 Å². The van der Waals surface area contributed by atoms with Gasteiger partial charge in [0.25, 0.3) is 5.91 Å². The van der Waals surface area contributed by atoms with Crippen LogP contribution in [0.1, 0.15) is 30.2 Å². The number of nitrogens with one attached hydrogen (secondary N) is 1. The number of aromatic amines is 1. The largest absolute Gasteiger partial charge is 0.492 e. The molecule has 1 heterocycles. The minimum absolute atomic E-state index is 0.144. The molecule has 17 heavy (non-hydrogen) atoms. The van der Waals surface area contributed by atoms with Gasteiger partial charge in [-0.15, -0.1) is 0 Å². The normalized spacial score (nSPS) is 10.5. The number of hydrogen-bond acceptors (Lipinski definition) is 5. The summed E-state index contributed by atoms with van der Waals surface area (Å²) in [6.07, 6.45) is -0.145. The average molecular weight is 241 g/mol. The summed E-state index contributed by atoms with van der Waals surface area (Å²) in [5, 5.41) is 9.24. The van der Waals surface area contributed by atoms with Gasteiger partial charge in [-0.25, -0.2) is 0 Å². The van der Waals surface area contributed by atoms with Crippen molar-refractivity contribution < 1.29 is 19.4 Å². The Morgan fingerprint density at radius 3 is 2.65 bits per heavy atom. The molecule has 1 amide bonds. The van der Waals surface area contributed by atoms with Crippen molar-refractivity contribution in [3.63, 3.8) is 0 Å². The maximum absolute atomic E-state index is 11.3. The van der Waals surface area contributed by atoms with Crippen LogP contribution in [-0.2, 0) is 16.0 Å². The number of esters is 1. The Morgan fingerprint density at radius 1 is 1.53 bits per heavy atom. The Labute approximate surface area is 98.0 Å². The van der Waals surface area contributed by atoms with E-state index in [4.69, 9.17) is 10.5 Å². The summed E-state index contributed by atoms with van der Waals surface area (Å²) in [5.41, 5.74) is 4.76. The van der Waals surface area contributed by atoms with E-state index in [9.17, 15) is 14.7 Å². The lowest BCUT2D eigenvalue weighted by molar-refractivity contribution is -0.144. The van der Waals surface area contributed by atoms with Crippen molar-refractivity contribution in [3.8, 4) is 5.88 Å². The van der Waals surface area contributed by atoms with Gasteiger partial charge < -0.3 is 20.6 Å². The predicted molar refractivity (Wildman–Crippen MR) is 58.3 cm³/mol. The Kier molecular flexibility index (Phi) is 4.08. The predicted octanol–water partition coefficient (Wildman–Crippen LogP) is -0.0441. The molecule has 0 radical (unpaired) electrons. The lowest BCUT2D eigenvalue weighted by atomic mass is 10.2. The third-order valence-electron chi connectivity index (χ3n) is 1.87. The van der Waals surface area contributed by atoms with Gasteiger partial charge in [-0.05, 0) is 5.92 Å². The second-order valence-electron chi connectivity index (χ2n) is 4.00. The van der Waals surface area contributed by atoms with Crippen LogP contribution in [0.15, 0.2) is 0 Å². The fraction of sp³-hybridized carbons (Fsp3) is 0.500. The first-order valence-electron chi connectivity index (χ1n) is 5.13. The van der Waals surface area contributed by atoms with Gasteiger partial charge in [0.15, 0.2) is 5.69 Å². The topological polar surface area (TPSA) is 118 Å². The fourth-order valence-corrected chi connectivity index (χ4v) is 1.11. The molecule has 0 saturated heterocycles. The fourth-order valence-electron chi connectivity index (χ4n) is 1.11. The minimum Gasteiger partial charge on any atom is -0.492 e. The zero-order valence-corrected chi connectivity index (χ0v) is 9.69. The van der Waals surface area contributed by atoms with Gasteiger partial charge in [0, 0.05) is 0 Å². The van der Waals surface area contributed by atoms with Crippen molar-refractivity contribution in [2.45, 2.75) is 20.3 Å². The highest BCUT2D eigenvalue weighted by molar-refractivity contribution is 5.93. The number of H-pyrrole nitrogens is 1. The number of ether oxygens (including phenoxy) is 1. The number of primary amides is 1. The van der Waals surface area contributed by atoms with E-state index in [1.165, 1.54) is 0 Å². The number of amides is 1. The first kappa shape index (κ1) is 13.0. The average Bonchev–Trinajstić information content (AvgIpc) is 2.56. The molecule has 1 aromatic rings. The quantitative estimate of drug-likeness (QED) is 0.625. The number of aromatic hydroxyl groups is 1. The lowest BCUT2D eigenvalue weighted by Gasteiger charge is -2.05. The van der Waals surface area contributed by atoms with Crippen LogP contribution >= 0.6 is 0 Å². The summed E-state index contributed by atoms with van der Waals surface area (Å²) in [5.74, 6) is -1.44. The van der Waals surface area contributed by atoms with Crippen molar-refractivity contribution in [2.24, 2.45) is 11.7 Å². The molecule has 0 aliphatic heterocycles. The zero-order valence-electron chi connectivity index (χ0n) is 9.69. The first-order chi connectivity index (χ1) is 7.90. The molecular weight excluding hydrogens is 226 g/mol. The minimum atomic E-state index is -0.836. The van der Waals surface area contributed by atoms with Gasteiger partial charge in [0.2, 0.25) is 5.88 Å². The number of rotatable bonds is 5. The summed E-state index contributed by atoms with van der Waals surface area (Å²) in [4.78, 5) is 28.2. The standard InChI is InChI=1S/C10H15N3O4/c1-5(2)4-17-7(14)3-6-12-8(9(11)15)10(16)13-6/h5,16H,3-4H2,1-2H3,(H2,11,15)(H,12,13). The highest BCUT2D eigenvalue weighted by atomic mass is 16.5. The molecule has 0 saturated carbocycles. The van der Waals surface area contributed by atoms with Crippen LogP contribution in [0.2, 0.25) is 0 Å². The maximum atomic E-state index is 11.3. The molecule has 1 rings (SSSR count). The summed E-state index contributed by atoms with van der Waals surface area (Å²) >= 11 is 0. The van der Waals surface area contributed by atoms with Crippen LogP contribution in [0.25, 0.3) is 0 Å². The third kappa shape index (κ3) is 3.78. The van der Waals surface area contributed by atoms with Crippen LogP contribution in [0, 0.1) is 5.92 Å².